The van der Waals surface area contributed by atoms with Gasteiger partial charge in [0, 0.05) is 35.1 Å². The normalized spacial score (nSPS) is 14.7. The Labute approximate surface area is 243 Å². The number of rotatable bonds is 11. The Morgan fingerprint density at radius 2 is 1.88 bits per heavy atom. The number of benzene rings is 2. The fraction of sp³-hybridized carbons (Fsp3) is 0.467. The van der Waals surface area contributed by atoms with Crippen LogP contribution in [0.15, 0.2) is 47.4 Å². The Morgan fingerprint density at radius 3 is 2.58 bits per heavy atom. The zero-order valence-electron chi connectivity index (χ0n) is 23.2. The van der Waals surface area contributed by atoms with Gasteiger partial charge in [0.2, 0.25) is 0 Å². The Morgan fingerprint density at radius 1 is 1.07 bits per heavy atom. The highest BCUT2D eigenvalue weighted by Crippen LogP contribution is 2.32. The molecule has 1 aliphatic heterocycles. The van der Waals surface area contributed by atoms with Gasteiger partial charge in [0.25, 0.3) is 0 Å². The van der Waals surface area contributed by atoms with Gasteiger partial charge in [0.15, 0.2) is 0 Å². The van der Waals surface area contributed by atoms with Crippen LogP contribution in [0.2, 0.25) is 0 Å². The summed E-state index contributed by atoms with van der Waals surface area (Å²) in [7, 11) is 1.60. The van der Waals surface area contributed by atoms with Crippen molar-refractivity contribution in [2.24, 2.45) is 0 Å². The van der Waals surface area contributed by atoms with Crippen molar-refractivity contribution in [1.82, 2.24) is 9.47 Å². The van der Waals surface area contributed by atoms with Gasteiger partial charge < -0.3 is 24.8 Å². The van der Waals surface area contributed by atoms with Crippen LogP contribution in [0.25, 0.3) is 10.9 Å². The number of ether oxygens (including phenoxy) is 1. The minimum Gasteiger partial charge on any atom is -0.495 e. The first-order valence-corrected chi connectivity index (χ1v) is 16.0. The summed E-state index contributed by atoms with van der Waals surface area (Å²) in [4.78, 5) is 3.58. The largest absolute Gasteiger partial charge is 0.495 e. The molecule has 3 aromatic rings. The van der Waals surface area contributed by atoms with E-state index in [9.17, 15) is 13.2 Å². The van der Waals surface area contributed by atoms with Gasteiger partial charge in [-0.2, -0.15) is 24.9 Å². The SMILES string of the molecule is COc1cc(SC)ccc1NCC#Cc1cc2c(NC3CCN(CCCSC)CC3)cccc2n1CC(F)(F)F. The molecule has 1 aromatic heterocycles. The van der Waals surface area contributed by atoms with Crippen LogP contribution in [-0.4, -0.2) is 73.2 Å². The van der Waals surface area contributed by atoms with Gasteiger partial charge in [-0.3, -0.25) is 0 Å². The number of likely N-dealkylation sites (tertiary alicyclic amines) is 1. The number of alkyl halides is 3. The standard InChI is InChI=1S/C30H37F3N4OS2/c1-38-29-20-24(40-3)10-11-27(29)34-14-5-7-23-19-25-26(8-4-9-28(25)37(23)21-30(31,32)33)35-22-12-16-36(17-13-22)15-6-18-39-2/h4,8-11,19-20,22,34-35H,6,12-18,21H2,1-3H3. The van der Waals surface area contributed by atoms with E-state index in [4.69, 9.17) is 4.74 Å². The number of aromatic nitrogens is 1. The average molecular weight is 591 g/mol. The lowest BCUT2D eigenvalue weighted by molar-refractivity contribution is -0.140. The van der Waals surface area contributed by atoms with Crippen LogP contribution >= 0.6 is 23.5 Å². The molecule has 0 saturated carbocycles. The van der Waals surface area contributed by atoms with Crippen LogP contribution in [0.3, 0.4) is 0 Å². The van der Waals surface area contributed by atoms with E-state index in [1.807, 2.05) is 48.3 Å². The monoisotopic (exact) mass is 590 g/mol. The van der Waals surface area contributed by atoms with Crippen LogP contribution in [0.5, 0.6) is 5.75 Å². The number of hydrogen-bond donors (Lipinski definition) is 2. The van der Waals surface area contributed by atoms with E-state index in [1.165, 1.54) is 16.7 Å². The Bertz CT molecular complexity index is 1320. The molecule has 0 radical (unpaired) electrons. The van der Waals surface area contributed by atoms with Crippen molar-refractivity contribution >= 4 is 45.8 Å². The molecule has 216 valence electrons. The zero-order chi connectivity index (χ0) is 28.5. The number of hydrogen-bond acceptors (Lipinski definition) is 6. The Kier molecular flexibility index (Phi) is 10.9. The molecule has 0 spiro atoms. The van der Waals surface area contributed by atoms with E-state index in [1.54, 1.807) is 31.0 Å². The number of methoxy groups -OCH3 is 1. The summed E-state index contributed by atoms with van der Waals surface area (Å²) in [6.07, 6.45) is 2.99. The molecule has 40 heavy (non-hydrogen) atoms. The van der Waals surface area contributed by atoms with Crippen LogP contribution in [0.4, 0.5) is 24.5 Å². The summed E-state index contributed by atoms with van der Waals surface area (Å²) in [5, 5.41) is 7.60. The number of thioether (sulfide) groups is 2. The molecule has 2 heterocycles. The van der Waals surface area contributed by atoms with Gasteiger partial charge in [-0.25, -0.2) is 0 Å². The molecule has 0 aliphatic carbocycles. The summed E-state index contributed by atoms with van der Waals surface area (Å²) < 4.78 is 47.5. The van der Waals surface area contributed by atoms with Crippen LogP contribution in [-0.2, 0) is 6.54 Å². The van der Waals surface area contributed by atoms with E-state index >= 15 is 0 Å². The third kappa shape index (κ3) is 8.21. The van der Waals surface area contributed by atoms with Crippen LogP contribution in [0.1, 0.15) is 25.0 Å². The molecule has 5 nitrogen and oxygen atoms in total. The summed E-state index contributed by atoms with van der Waals surface area (Å²) in [5.41, 5.74) is 2.52. The van der Waals surface area contributed by atoms with Crippen molar-refractivity contribution in [3.63, 3.8) is 0 Å². The van der Waals surface area contributed by atoms with Crippen molar-refractivity contribution in [3.8, 4) is 17.6 Å². The molecule has 1 saturated heterocycles. The van der Waals surface area contributed by atoms with E-state index in [0.29, 0.717) is 23.0 Å². The van der Waals surface area contributed by atoms with Gasteiger partial charge in [-0.15, -0.1) is 11.8 Å². The highest BCUT2D eigenvalue weighted by atomic mass is 32.2. The number of nitrogens with zero attached hydrogens (tertiary/aromatic N) is 2. The van der Waals surface area contributed by atoms with Crippen molar-refractivity contribution in [1.29, 1.82) is 0 Å². The average Bonchev–Trinajstić information content (AvgIpc) is 3.28. The number of anilines is 2. The van der Waals surface area contributed by atoms with E-state index in [2.05, 4.69) is 33.6 Å². The molecule has 0 amide bonds. The first-order chi connectivity index (χ1) is 19.3. The number of halogens is 3. The minimum absolute atomic E-state index is 0.267. The van der Waals surface area contributed by atoms with Gasteiger partial charge in [-0.05, 0) is 86.4 Å². The molecule has 1 aliphatic rings. The molecule has 1 fully saturated rings. The Balaban J connectivity index is 1.51. The second-order valence-electron chi connectivity index (χ2n) is 9.80. The fourth-order valence-electron chi connectivity index (χ4n) is 5.04. The molecular formula is C30H37F3N4OS2. The van der Waals surface area contributed by atoms with Gasteiger partial charge in [0.1, 0.15) is 12.3 Å². The van der Waals surface area contributed by atoms with Gasteiger partial charge >= 0.3 is 6.18 Å². The van der Waals surface area contributed by atoms with Crippen LogP contribution in [0, 0.1) is 11.8 Å². The lowest BCUT2D eigenvalue weighted by Gasteiger charge is -2.33. The second kappa shape index (κ2) is 14.3. The van der Waals surface area contributed by atoms with Crippen molar-refractivity contribution < 1.29 is 17.9 Å². The van der Waals surface area contributed by atoms with Gasteiger partial charge in [-0.1, -0.05) is 12.0 Å². The maximum atomic E-state index is 13.6. The predicted molar refractivity (Wildman–Crippen MR) is 164 cm³/mol. The van der Waals surface area contributed by atoms with Crippen molar-refractivity contribution in [2.45, 2.75) is 42.9 Å². The molecule has 4 rings (SSSR count). The molecule has 2 N–H and O–H groups in total. The van der Waals surface area contributed by atoms with Crippen molar-refractivity contribution in [2.75, 3.05) is 62.2 Å². The predicted octanol–water partition coefficient (Wildman–Crippen LogP) is 7.03. The number of nitrogens with one attached hydrogen (secondary N) is 2. The number of piperidine rings is 1. The number of fused-ring (bicyclic) bond motifs is 1. The van der Waals surface area contributed by atoms with E-state index < -0.39 is 12.7 Å². The molecule has 2 aromatic carbocycles. The van der Waals surface area contributed by atoms with Crippen molar-refractivity contribution in [3.05, 3.63) is 48.2 Å². The molecule has 10 heteroatoms. The molecule has 0 unspecified atom stereocenters. The first kappa shape index (κ1) is 30.4. The van der Waals surface area contributed by atoms with E-state index in [-0.39, 0.29) is 6.54 Å². The second-order valence-corrected chi connectivity index (χ2v) is 11.7. The maximum Gasteiger partial charge on any atom is 0.406 e. The summed E-state index contributed by atoms with van der Waals surface area (Å²) in [6.45, 7) is 2.37. The third-order valence-corrected chi connectivity index (χ3v) is 8.47. The summed E-state index contributed by atoms with van der Waals surface area (Å²) in [5.74, 6) is 7.86. The molecule has 0 bridgehead atoms. The first-order valence-electron chi connectivity index (χ1n) is 13.4. The minimum atomic E-state index is -4.36. The Hall–Kier alpha value is -2.61. The van der Waals surface area contributed by atoms with E-state index in [0.717, 1.165) is 54.1 Å². The quantitative estimate of drug-likeness (QED) is 0.142. The third-order valence-electron chi connectivity index (χ3n) is 7.05. The lowest BCUT2D eigenvalue weighted by atomic mass is 10.0. The zero-order valence-corrected chi connectivity index (χ0v) is 24.9. The maximum absolute atomic E-state index is 13.6. The molecular weight excluding hydrogens is 553 g/mol. The highest BCUT2D eigenvalue weighted by molar-refractivity contribution is 7.98. The molecule has 0 atom stereocenters. The lowest BCUT2D eigenvalue weighted by Crippen LogP contribution is -2.39. The van der Waals surface area contributed by atoms with Gasteiger partial charge in [0.05, 0.1) is 30.6 Å². The van der Waals surface area contributed by atoms with Crippen LogP contribution < -0.4 is 15.4 Å². The fourth-order valence-corrected chi connectivity index (χ4v) is 5.88. The summed E-state index contributed by atoms with van der Waals surface area (Å²) >= 11 is 3.49. The smallest absolute Gasteiger partial charge is 0.406 e. The highest BCUT2D eigenvalue weighted by Gasteiger charge is 2.30. The topological polar surface area (TPSA) is 41.5 Å². The summed E-state index contributed by atoms with van der Waals surface area (Å²) in [6, 6.07) is 13.4.